The first kappa shape index (κ1) is 8.81. The average molecular weight is 163 g/mol. The summed E-state index contributed by atoms with van der Waals surface area (Å²) in [6.07, 6.45) is 2.43. The fourth-order valence-corrected chi connectivity index (χ4v) is 1.11. The highest BCUT2D eigenvalue weighted by molar-refractivity contribution is 5.34. The number of hydrogen-bond donors (Lipinski definition) is 2. The molecule has 2 nitrogen and oxygen atoms in total. The molecule has 1 atom stereocenters. The van der Waals surface area contributed by atoms with E-state index < -0.39 is 0 Å². The van der Waals surface area contributed by atoms with Crippen molar-refractivity contribution in [2.75, 3.05) is 0 Å². The van der Waals surface area contributed by atoms with Gasteiger partial charge in [-0.2, -0.15) is 0 Å². The largest absolute Gasteiger partial charge is 0.508 e. The van der Waals surface area contributed by atoms with Crippen molar-refractivity contribution in [3.63, 3.8) is 0 Å². The van der Waals surface area contributed by atoms with Crippen LogP contribution in [0.25, 0.3) is 0 Å². The number of nitrogens with two attached hydrogens (primary N) is 1. The molecule has 0 aliphatic rings. The Hall–Kier alpha value is -1.28. The monoisotopic (exact) mass is 163 g/mol. The van der Waals surface area contributed by atoms with Gasteiger partial charge in [-0.15, -0.1) is 6.58 Å². The summed E-state index contributed by atoms with van der Waals surface area (Å²) >= 11 is 0. The number of aromatic hydroxyl groups is 1. The number of para-hydroxylation sites is 1. The molecule has 0 heterocycles. The molecule has 64 valence electrons. The minimum absolute atomic E-state index is 0.149. The maximum atomic E-state index is 9.39. The number of phenols is 1. The zero-order valence-corrected chi connectivity index (χ0v) is 6.90. The van der Waals surface area contributed by atoms with E-state index in [1.807, 2.05) is 12.1 Å². The van der Waals surface area contributed by atoms with Gasteiger partial charge in [0.25, 0.3) is 0 Å². The van der Waals surface area contributed by atoms with E-state index in [4.69, 9.17) is 5.73 Å². The summed E-state index contributed by atoms with van der Waals surface area (Å²) in [5.74, 6) is 0.256. The minimum atomic E-state index is -0.149. The third-order valence-electron chi connectivity index (χ3n) is 1.76. The first-order valence-electron chi connectivity index (χ1n) is 3.90. The molecule has 0 aromatic heterocycles. The van der Waals surface area contributed by atoms with Gasteiger partial charge in [-0.3, -0.25) is 0 Å². The van der Waals surface area contributed by atoms with Crippen molar-refractivity contribution in [3.8, 4) is 5.75 Å². The van der Waals surface area contributed by atoms with Gasteiger partial charge in [0.05, 0.1) is 0 Å². The molecule has 3 N–H and O–H groups in total. The molecular formula is C10H13NO. The minimum Gasteiger partial charge on any atom is -0.508 e. The highest BCUT2D eigenvalue weighted by atomic mass is 16.3. The van der Waals surface area contributed by atoms with Crippen molar-refractivity contribution < 1.29 is 5.11 Å². The first-order chi connectivity index (χ1) is 5.75. The van der Waals surface area contributed by atoms with Crippen LogP contribution >= 0.6 is 0 Å². The van der Waals surface area contributed by atoms with Crippen LogP contribution in [0.5, 0.6) is 5.75 Å². The van der Waals surface area contributed by atoms with Gasteiger partial charge in [-0.1, -0.05) is 24.3 Å². The van der Waals surface area contributed by atoms with Crippen molar-refractivity contribution in [1.82, 2.24) is 0 Å². The van der Waals surface area contributed by atoms with Gasteiger partial charge in [-0.05, 0) is 12.5 Å². The van der Waals surface area contributed by atoms with Crippen LogP contribution in [-0.4, -0.2) is 5.11 Å². The van der Waals surface area contributed by atoms with Crippen LogP contribution in [0.4, 0.5) is 0 Å². The summed E-state index contributed by atoms with van der Waals surface area (Å²) in [7, 11) is 0. The molecule has 0 bridgehead atoms. The van der Waals surface area contributed by atoms with Gasteiger partial charge in [0, 0.05) is 11.6 Å². The van der Waals surface area contributed by atoms with Gasteiger partial charge in [0.2, 0.25) is 0 Å². The molecule has 0 unspecified atom stereocenters. The average Bonchev–Trinajstić information content (AvgIpc) is 2.05. The lowest BCUT2D eigenvalue weighted by Gasteiger charge is -2.10. The van der Waals surface area contributed by atoms with Gasteiger partial charge in [0.1, 0.15) is 5.75 Å². The fraction of sp³-hybridized carbons (Fsp3) is 0.200. The SMILES string of the molecule is C=CC[C@@H](N)c1ccccc1O. The van der Waals surface area contributed by atoms with Crippen LogP contribution in [0.1, 0.15) is 18.0 Å². The second-order valence-corrected chi connectivity index (χ2v) is 2.69. The molecule has 0 saturated carbocycles. The first-order valence-corrected chi connectivity index (χ1v) is 3.90. The molecule has 12 heavy (non-hydrogen) atoms. The van der Waals surface area contributed by atoms with Crippen LogP contribution < -0.4 is 5.73 Å². The summed E-state index contributed by atoms with van der Waals surface area (Å²) in [6.45, 7) is 3.59. The summed E-state index contributed by atoms with van der Waals surface area (Å²) in [5.41, 5.74) is 6.55. The molecule has 0 aliphatic carbocycles. The Labute approximate surface area is 72.3 Å². The molecule has 2 heteroatoms. The predicted octanol–water partition coefficient (Wildman–Crippen LogP) is 1.97. The van der Waals surface area contributed by atoms with E-state index in [1.54, 1.807) is 18.2 Å². The maximum absolute atomic E-state index is 9.39. The fourth-order valence-electron chi connectivity index (χ4n) is 1.11. The summed E-state index contributed by atoms with van der Waals surface area (Å²) in [6, 6.07) is 6.95. The maximum Gasteiger partial charge on any atom is 0.120 e. The van der Waals surface area contributed by atoms with Crippen molar-refractivity contribution in [1.29, 1.82) is 0 Å². The molecule has 0 fully saturated rings. The third-order valence-corrected chi connectivity index (χ3v) is 1.76. The molecule has 0 radical (unpaired) electrons. The number of rotatable bonds is 3. The summed E-state index contributed by atoms with van der Waals surface area (Å²) < 4.78 is 0. The van der Waals surface area contributed by atoms with Gasteiger partial charge < -0.3 is 10.8 Å². The smallest absolute Gasteiger partial charge is 0.120 e. The number of phenolic OH excluding ortho intramolecular Hbond substituents is 1. The van der Waals surface area contributed by atoms with Crippen LogP contribution in [0.3, 0.4) is 0 Å². The Morgan fingerprint density at radius 1 is 1.50 bits per heavy atom. The summed E-state index contributed by atoms with van der Waals surface area (Å²) in [4.78, 5) is 0. The zero-order valence-electron chi connectivity index (χ0n) is 6.90. The topological polar surface area (TPSA) is 46.2 Å². The third kappa shape index (κ3) is 1.86. The van der Waals surface area contributed by atoms with Crippen molar-refractivity contribution in [3.05, 3.63) is 42.5 Å². The van der Waals surface area contributed by atoms with Crippen LogP contribution in [0.15, 0.2) is 36.9 Å². The Kier molecular flexibility index (Phi) is 2.88. The standard InChI is InChI=1S/C10H13NO/c1-2-5-9(11)8-6-3-4-7-10(8)12/h2-4,6-7,9,12H,1,5,11H2/t9-/m1/s1. The van der Waals surface area contributed by atoms with Crippen LogP contribution in [0.2, 0.25) is 0 Å². The highest BCUT2D eigenvalue weighted by Crippen LogP contribution is 2.23. The van der Waals surface area contributed by atoms with Crippen molar-refractivity contribution in [2.24, 2.45) is 5.73 Å². The second kappa shape index (κ2) is 3.93. The van der Waals surface area contributed by atoms with Crippen molar-refractivity contribution >= 4 is 0 Å². The molecule has 1 rings (SSSR count). The van der Waals surface area contributed by atoms with Crippen molar-refractivity contribution in [2.45, 2.75) is 12.5 Å². The van der Waals surface area contributed by atoms with Gasteiger partial charge >= 0.3 is 0 Å². The molecule has 1 aromatic carbocycles. The van der Waals surface area contributed by atoms with E-state index in [9.17, 15) is 5.11 Å². The summed E-state index contributed by atoms with van der Waals surface area (Å²) in [5, 5.41) is 9.39. The normalized spacial score (nSPS) is 12.4. The quantitative estimate of drug-likeness (QED) is 0.669. The van der Waals surface area contributed by atoms with Gasteiger partial charge in [0.15, 0.2) is 0 Å². The lowest BCUT2D eigenvalue weighted by Crippen LogP contribution is -2.08. The van der Waals surface area contributed by atoms with E-state index in [0.29, 0.717) is 6.42 Å². The lowest BCUT2D eigenvalue weighted by atomic mass is 10.0. The van der Waals surface area contributed by atoms with E-state index in [2.05, 4.69) is 6.58 Å². The van der Waals surface area contributed by atoms with E-state index in [1.165, 1.54) is 0 Å². The zero-order chi connectivity index (χ0) is 8.97. The number of hydrogen-bond acceptors (Lipinski definition) is 2. The van der Waals surface area contributed by atoms with E-state index in [-0.39, 0.29) is 11.8 Å². The van der Waals surface area contributed by atoms with E-state index >= 15 is 0 Å². The Balaban J connectivity index is 2.86. The molecule has 0 amide bonds. The van der Waals surface area contributed by atoms with E-state index in [0.717, 1.165) is 5.56 Å². The van der Waals surface area contributed by atoms with Crippen LogP contribution in [0, 0.1) is 0 Å². The molecule has 0 spiro atoms. The van der Waals surface area contributed by atoms with Gasteiger partial charge in [-0.25, -0.2) is 0 Å². The van der Waals surface area contributed by atoms with Crippen LogP contribution in [-0.2, 0) is 0 Å². The Morgan fingerprint density at radius 3 is 2.75 bits per heavy atom. The highest BCUT2D eigenvalue weighted by Gasteiger charge is 2.07. The predicted molar refractivity (Wildman–Crippen MR) is 49.8 cm³/mol. The Bertz CT molecular complexity index is 270. The lowest BCUT2D eigenvalue weighted by molar-refractivity contribution is 0.461. The molecule has 0 aliphatic heterocycles. The molecule has 1 aromatic rings. The second-order valence-electron chi connectivity index (χ2n) is 2.69. The Morgan fingerprint density at radius 2 is 2.17 bits per heavy atom. The molecule has 0 saturated heterocycles. The molecular weight excluding hydrogens is 150 g/mol. The number of benzene rings is 1.